The summed E-state index contributed by atoms with van der Waals surface area (Å²) in [6.45, 7) is 1.94. The minimum absolute atomic E-state index is 0.0713. The van der Waals surface area contributed by atoms with Crippen LogP contribution in [0, 0.1) is 5.82 Å². The van der Waals surface area contributed by atoms with Crippen LogP contribution >= 0.6 is 0 Å². The van der Waals surface area contributed by atoms with E-state index in [-0.39, 0.29) is 17.5 Å². The molecule has 4 rings (SSSR count). The Morgan fingerprint density at radius 2 is 2.11 bits per heavy atom. The number of nitrogens with one attached hydrogen (secondary N) is 2. The molecule has 142 valence electrons. The van der Waals surface area contributed by atoms with Crippen LogP contribution in [0.3, 0.4) is 0 Å². The standard InChI is InChI=1S/C19H22FN5O2/c20-15-13-14(4-5-16(15)24-11-1-3-17(24)26)23-18(27)19(6-9-21-10-7-19)25-12-2-8-22-25/h2,4-5,8,12-13,21H,1,3,6-7,9-11H2,(H,23,27). The number of rotatable bonds is 4. The lowest BCUT2D eigenvalue weighted by molar-refractivity contribution is -0.126. The number of nitrogens with zero attached hydrogens (tertiary/aromatic N) is 3. The molecule has 8 heteroatoms. The molecule has 0 bridgehead atoms. The van der Waals surface area contributed by atoms with Crippen LogP contribution < -0.4 is 15.5 Å². The van der Waals surface area contributed by atoms with Gasteiger partial charge in [0.1, 0.15) is 11.4 Å². The maximum Gasteiger partial charge on any atom is 0.252 e. The number of aromatic nitrogens is 2. The first-order valence-electron chi connectivity index (χ1n) is 9.22. The molecule has 0 radical (unpaired) electrons. The van der Waals surface area contributed by atoms with Crippen molar-refractivity contribution in [2.45, 2.75) is 31.2 Å². The molecule has 7 nitrogen and oxygen atoms in total. The molecular formula is C19H22FN5O2. The van der Waals surface area contributed by atoms with Crippen LogP contribution in [-0.4, -0.2) is 41.2 Å². The van der Waals surface area contributed by atoms with Crippen LogP contribution in [0.25, 0.3) is 0 Å². The molecule has 2 aromatic rings. The highest BCUT2D eigenvalue weighted by atomic mass is 19.1. The van der Waals surface area contributed by atoms with E-state index in [1.165, 1.54) is 11.0 Å². The normalized spacial score (nSPS) is 19.3. The van der Waals surface area contributed by atoms with E-state index in [4.69, 9.17) is 0 Å². The van der Waals surface area contributed by atoms with Crippen LogP contribution in [0.2, 0.25) is 0 Å². The molecule has 0 unspecified atom stereocenters. The average Bonchev–Trinajstić information content (AvgIpc) is 3.35. The van der Waals surface area contributed by atoms with Gasteiger partial charge in [0.2, 0.25) is 5.91 Å². The molecule has 0 aliphatic carbocycles. The zero-order valence-corrected chi connectivity index (χ0v) is 14.9. The van der Waals surface area contributed by atoms with Crippen molar-refractivity contribution in [1.29, 1.82) is 0 Å². The Hall–Kier alpha value is -2.74. The Bertz CT molecular complexity index is 846. The summed E-state index contributed by atoms with van der Waals surface area (Å²) in [7, 11) is 0. The zero-order chi connectivity index (χ0) is 18.9. The monoisotopic (exact) mass is 371 g/mol. The minimum atomic E-state index is -0.797. The van der Waals surface area contributed by atoms with E-state index in [0.29, 0.717) is 44.6 Å². The van der Waals surface area contributed by atoms with Crippen molar-refractivity contribution in [1.82, 2.24) is 15.1 Å². The van der Waals surface area contributed by atoms with Crippen molar-refractivity contribution >= 4 is 23.2 Å². The molecule has 2 aliphatic heterocycles. The predicted molar refractivity (Wildman–Crippen MR) is 98.9 cm³/mol. The smallest absolute Gasteiger partial charge is 0.252 e. The molecule has 27 heavy (non-hydrogen) atoms. The Morgan fingerprint density at radius 1 is 1.30 bits per heavy atom. The van der Waals surface area contributed by atoms with Gasteiger partial charge in [-0.1, -0.05) is 0 Å². The van der Waals surface area contributed by atoms with Crippen molar-refractivity contribution in [3.05, 3.63) is 42.5 Å². The number of anilines is 2. The second-order valence-electron chi connectivity index (χ2n) is 7.00. The van der Waals surface area contributed by atoms with E-state index >= 15 is 0 Å². The van der Waals surface area contributed by atoms with E-state index in [0.717, 1.165) is 6.42 Å². The lowest BCUT2D eigenvalue weighted by Gasteiger charge is -2.36. The third kappa shape index (κ3) is 3.21. The van der Waals surface area contributed by atoms with Gasteiger partial charge in [0.05, 0.1) is 5.69 Å². The largest absolute Gasteiger partial charge is 0.324 e. The highest BCUT2D eigenvalue weighted by molar-refractivity contribution is 5.98. The van der Waals surface area contributed by atoms with Crippen molar-refractivity contribution in [2.75, 3.05) is 29.9 Å². The molecule has 0 atom stereocenters. The number of carbonyl (C=O) groups excluding carboxylic acids is 2. The average molecular weight is 371 g/mol. The Balaban J connectivity index is 1.56. The van der Waals surface area contributed by atoms with Gasteiger partial charge in [-0.15, -0.1) is 0 Å². The molecule has 1 aromatic carbocycles. The molecule has 1 aromatic heterocycles. The van der Waals surface area contributed by atoms with Gasteiger partial charge in [0.15, 0.2) is 0 Å². The van der Waals surface area contributed by atoms with E-state index in [2.05, 4.69) is 15.7 Å². The fourth-order valence-corrected chi connectivity index (χ4v) is 3.88. The van der Waals surface area contributed by atoms with Gasteiger partial charge >= 0.3 is 0 Å². The minimum Gasteiger partial charge on any atom is -0.324 e. The van der Waals surface area contributed by atoms with Crippen LogP contribution in [0.1, 0.15) is 25.7 Å². The summed E-state index contributed by atoms with van der Waals surface area (Å²) in [6, 6.07) is 6.26. The van der Waals surface area contributed by atoms with Gasteiger partial charge in [-0.05, 0) is 56.6 Å². The molecule has 2 aliphatic rings. The van der Waals surface area contributed by atoms with Crippen molar-refractivity contribution in [2.24, 2.45) is 0 Å². The molecule has 0 saturated carbocycles. The lowest BCUT2D eigenvalue weighted by Crippen LogP contribution is -2.52. The highest BCUT2D eigenvalue weighted by Crippen LogP contribution is 2.30. The molecule has 0 spiro atoms. The van der Waals surface area contributed by atoms with Gasteiger partial charge < -0.3 is 15.5 Å². The van der Waals surface area contributed by atoms with E-state index < -0.39 is 11.4 Å². The van der Waals surface area contributed by atoms with Crippen LogP contribution in [0.5, 0.6) is 0 Å². The second kappa shape index (κ2) is 7.11. The summed E-state index contributed by atoms with van der Waals surface area (Å²) in [5.74, 6) is -0.795. The van der Waals surface area contributed by atoms with Gasteiger partial charge in [-0.3, -0.25) is 14.3 Å². The Kier molecular flexibility index (Phi) is 4.65. The Morgan fingerprint density at radius 3 is 2.74 bits per heavy atom. The number of hydrogen-bond donors (Lipinski definition) is 2. The maximum absolute atomic E-state index is 14.6. The number of piperidine rings is 1. The lowest BCUT2D eigenvalue weighted by atomic mass is 9.87. The van der Waals surface area contributed by atoms with E-state index in [1.807, 2.05) is 0 Å². The molecule has 2 N–H and O–H groups in total. The summed E-state index contributed by atoms with van der Waals surface area (Å²) in [5.41, 5.74) is -0.161. The first kappa shape index (κ1) is 17.7. The number of benzene rings is 1. The van der Waals surface area contributed by atoms with Crippen LogP contribution in [0.15, 0.2) is 36.7 Å². The number of hydrogen-bond acceptors (Lipinski definition) is 4. The van der Waals surface area contributed by atoms with Gasteiger partial charge in [0.25, 0.3) is 5.91 Å². The number of amides is 2. The summed E-state index contributed by atoms with van der Waals surface area (Å²) in [5, 5.41) is 10.4. The SMILES string of the molecule is O=C1CCCN1c1ccc(NC(=O)C2(n3cccn3)CCNCC2)cc1F. The number of halogens is 1. The first-order chi connectivity index (χ1) is 13.1. The van der Waals surface area contributed by atoms with Crippen LogP contribution in [-0.2, 0) is 15.1 Å². The Labute approximate surface area is 156 Å². The van der Waals surface area contributed by atoms with Crippen molar-refractivity contribution in [3.8, 4) is 0 Å². The quantitative estimate of drug-likeness (QED) is 0.860. The third-order valence-corrected chi connectivity index (χ3v) is 5.37. The molecule has 2 amide bonds. The van der Waals surface area contributed by atoms with Crippen LogP contribution in [0.4, 0.5) is 15.8 Å². The van der Waals surface area contributed by atoms with Gasteiger partial charge in [-0.2, -0.15) is 5.10 Å². The maximum atomic E-state index is 14.6. The fourth-order valence-electron chi connectivity index (χ4n) is 3.88. The number of carbonyl (C=O) groups is 2. The van der Waals surface area contributed by atoms with Gasteiger partial charge in [0, 0.05) is 31.0 Å². The van der Waals surface area contributed by atoms with E-state index in [9.17, 15) is 14.0 Å². The zero-order valence-electron chi connectivity index (χ0n) is 14.9. The molecular weight excluding hydrogens is 349 g/mol. The summed E-state index contributed by atoms with van der Waals surface area (Å²) in [4.78, 5) is 26.4. The van der Waals surface area contributed by atoms with Crippen molar-refractivity contribution < 1.29 is 14.0 Å². The molecule has 2 saturated heterocycles. The summed E-state index contributed by atoms with van der Waals surface area (Å²) < 4.78 is 16.3. The van der Waals surface area contributed by atoms with Crippen molar-refractivity contribution in [3.63, 3.8) is 0 Å². The van der Waals surface area contributed by atoms with Gasteiger partial charge in [-0.25, -0.2) is 4.39 Å². The molecule has 2 fully saturated rings. The second-order valence-corrected chi connectivity index (χ2v) is 7.00. The van der Waals surface area contributed by atoms with E-state index in [1.54, 1.807) is 35.3 Å². The molecule has 3 heterocycles. The summed E-state index contributed by atoms with van der Waals surface area (Å²) in [6.07, 6.45) is 5.81. The predicted octanol–water partition coefficient (Wildman–Crippen LogP) is 1.87. The topological polar surface area (TPSA) is 79.3 Å². The highest BCUT2D eigenvalue weighted by Gasteiger charge is 2.42. The first-order valence-corrected chi connectivity index (χ1v) is 9.22. The third-order valence-electron chi connectivity index (χ3n) is 5.37. The summed E-state index contributed by atoms with van der Waals surface area (Å²) >= 11 is 0. The fraction of sp³-hybridized carbons (Fsp3) is 0.421.